The van der Waals surface area contributed by atoms with Crippen molar-refractivity contribution in [3.8, 4) is 5.75 Å². The van der Waals surface area contributed by atoms with Crippen LogP contribution in [0.25, 0.3) is 0 Å². The number of hydrogen-bond donors (Lipinski definition) is 2. The zero-order valence-corrected chi connectivity index (χ0v) is 19.0. The third kappa shape index (κ3) is 6.11. The molecule has 5 heteroatoms. The summed E-state index contributed by atoms with van der Waals surface area (Å²) in [5.41, 5.74) is 4.37. The Morgan fingerprint density at radius 3 is 2.18 bits per heavy atom. The molecule has 0 spiro atoms. The molecule has 5 nitrogen and oxygen atoms in total. The average molecular weight is 451 g/mol. The van der Waals surface area contributed by atoms with Crippen LogP contribution in [0.3, 0.4) is 0 Å². The summed E-state index contributed by atoms with van der Waals surface area (Å²) in [6.45, 7) is 2.43. The molecule has 0 atom stereocenters. The normalized spacial score (nSPS) is 10.4. The summed E-state index contributed by atoms with van der Waals surface area (Å²) in [5.74, 6) is -0.0258. The maximum atomic E-state index is 13.0. The molecule has 0 heterocycles. The van der Waals surface area contributed by atoms with Gasteiger partial charge in [-0.1, -0.05) is 60.7 Å². The van der Waals surface area contributed by atoms with Crippen LogP contribution in [0.4, 0.5) is 11.4 Å². The lowest BCUT2D eigenvalue weighted by atomic mass is 10.1. The summed E-state index contributed by atoms with van der Waals surface area (Å²) in [6, 6.07) is 31.6. The fourth-order valence-corrected chi connectivity index (χ4v) is 3.57. The third-order valence-corrected chi connectivity index (χ3v) is 5.28. The number of aryl methyl sites for hydroxylation is 1. The summed E-state index contributed by atoms with van der Waals surface area (Å²) < 4.78 is 5.91. The van der Waals surface area contributed by atoms with Gasteiger partial charge in [-0.2, -0.15) is 0 Å². The van der Waals surface area contributed by atoms with Gasteiger partial charge in [0.1, 0.15) is 5.75 Å². The van der Waals surface area contributed by atoms with Crippen molar-refractivity contribution in [3.05, 3.63) is 125 Å². The topological polar surface area (TPSA) is 67.4 Å². The van der Waals surface area contributed by atoms with Crippen molar-refractivity contribution < 1.29 is 14.3 Å². The van der Waals surface area contributed by atoms with Gasteiger partial charge in [-0.3, -0.25) is 9.59 Å². The molecule has 2 amide bonds. The van der Waals surface area contributed by atoms with Crippen molar-refractivity contribution >= 4 is 23.2 Å². The Labute approximate surface area is 199 Å². The number of benzene rings is 4. The van der Waals surface area contributed by atoms with Crippen molar-refractivity contribution in [1.29, 1.82) is 0 Å². The number of para-hydroxylation sites is 1. The Morgan fingerprint density at radius 2 is 1.38 bits per heavy atom. The van der Waals surface area contributed by atoms with E-state index in [1.165, 1.54) is 5.56 Å². The van der Waals surface area contributed by atoms with Crippen LogP contribution in [0.2, 0.25) is 0 Å². The van der Waals surface area contributed by atoms with Crippen LogP contribution in [0.15, 0.2) is 103 Å². The average Bonchev–Trinajstić information content (AvgIpc) is 2.85. The van der Waals surface area contributed by atoms with E-state index in [1.54, 1.807) is 42.5 Å². The van der Waals surface area contributed by atoms with Gasteiger partial charge in [-0.25, -0.2) is 0 Å². The molecule has 0 aliphatic rings. The highest BCUT2D eigenvalue weighted by Gasteiger charge is 2.14. The first-order valence-electron chi connectivity index (χ1n) is 11.1. The van der Waals surface area contributed by atoms with Crippen molar-refractivity contribution in [3.63, 3.8) is 0 Å². The van der Waals surface area contributed by atoms with Crippen LogP contribution in [0.5, 0.6) is 5.75 Å². The minimum Gasteiger partial charge on any atom is -0.492 e. The van der Waals surface area contributed by atoms with E-state index >= 15 is 0 Å². The van der Waals surface area contributed by atoms with Crippen molar-refractivity contribution in [2.75, 3.05) is 17.2 Å². The van der Waals surface area contributed by atoms with E-state index in [1.807, 2.05) is 67.6 Å². The molecule has 0 unspecified atom stereocenters. The van der Waals surface area contributed by atoms with Gasteiger partial charge in [0.2, 0.25) is 0 Å². The molecule has 0 aromatic heterocycles. The van der Waals surface area contributed by atoms with Crippen LogP contribution in [-0.2, 0) is 6.42 Å². The van der Waals surface area contributed by atoms with Gasteiger partial charge in [0, 0.05) is 23.4 Å². The molecular weight excluding hydrogens is 424 g/mol. The van der Waals surface area contributed by atoms with Gasteiger partial charge in [0.15, 0.2) is 0 Å². The van der Waals surface area contributed by atoms with E-state index in [-0.39, 0.29) is 11.8 Å². The van der Waals surface area contributed by atoms with Gasteiger partial charge >= 0.3 is 0 Å². The van der Waals surface area contributed by atoms with Gasteiger partial charge in [0.25, 0.3) is 11.8 Å². The van der Waals surface area contributed by atoms with Gasteiger partial charge in [0.05, 0.1) is 12.2 Å². The molecule has 0 aliphatic carbocycles. The SMILES string of the molecule is Cc1cccc(NC(=O)c2cccc(NC(=O)c3ccccc3OCCc3ccccc3)c2)c1. The van der Waals surface area contributed by atoms with Crippen LogP contribution >= 0.6 is 0 Å². The number of anilines is 2. The summed E-state index contributed by atoms with van der Waals surface area (Å²) in [6.07, 6.45) is 0.745. The Balaban J connectivity index is 1.41. The maximum absolute atomic E-state index is 13.0. The standard InChI is InChI=1S/C29H26N2O3/c1-21-9-7-13-24(19-21)30-28(32)23-12-8-14-25(20-23)31-29(33)26-15-5-6-16-27(26)34-18-17-22-10-3-2-4-11-22/h2-16,19-20H,17-18H2,1H3,(H,30,32)(H,31,33). The summed E-state index contributed by atoms with van der Waals surface area (Å²) in [5, 5.41) is 5.76. The Kier molecular flexibility index (Phi) is 7.35. The number of carbonyl (C=O) groups is 2. The quantitative estimate of drug-likeness (QED) is 0.340. The number of hydrogen-bond acceptors (Lipinski definition) is 3. The van der Waals surface area contributed by atoms with Crippen LogP contribution < -0.4 is 15.4 Å². The molecule has 4 aromatic rings. The molecule has 4 rings (SSSR count). The fourth-order valence-electron chi connectivity index (χ4n) is 3.57. The number of amides is 2. The highest BCUT2D eigenvalue weighted by atomic mass is 16.5. The second-order valence-corrected chi connectivity index (χ2v) is 7.94. The predicted molar refractivity (Wildman–Crippen MR) is 136 cm³/mol. The molecule has 0 saturated carbocycles. The molecule has 170 valence electrons. The molecule has 0 radical (unpaired) electrons. The maximum Gasteiger partial charge on any atom is 0.259 e. The van der Waals surface area contributed by atoms with E-state index in [0.29, 0.717) is 29.2 Å². The first kappa shape index (κ1) is 22.8. The highest BCUT2D eigenvalue weighted by molar-refractivity contribution is 6.08. The largest absolute Gasteiger partial charge is 0.492 e. The molecule has 34 heavy (non-hydrogen) atoms. The van der Waals surface area contributed by atoms with Crippen LogP contribution in [0, 0.1) is 6.92 Å². The smallest absolute Gasteiger partial charge is 0.259 e. The van der Waals surface area contributed by atoms with Crippen LogP contribution in [-0.4, -0.2) is 18.4 Å². The number of rotatable bonds is 8. The Morgan fingerprint density at radius 1 is 0.706 bits per heavy atom. The monoisotopic (exact) mass is 450 g/mol. The van der Waals surface area contributed by atoms with Gasteiger partial charge in [-0.15, -0.1) is 0 Å². The number of nitrogens with one attached hydrogen (secondary N) is 2. The Bertz CT molecular complexity index is 1290. The molecule has 4 aromatic carbocycles. The highest BCUT2D eigenvalue weighted by Crippen LogP contribution is 2.21. The molecule has 0 saturated heterocycles. The van der Waals surface area contributed by atoms with Crippen LogP contribution in [0.1, 0.15) is 31.8 Å². The lowest BCUT2D eigenvalue weighted by Crippen LogP contribution is -2.16. The first-order chi connectivity index (χ1) is 16.6. The van der Waals surface area contributed by atoms with E-state index in [2.05, 4.69) is 10.6 Å². The van der Waals surface area contributed by atoms with E-state index in [0.717, 1.165) is 17.7 Å². The zero-order chi connectivity index (χ0) is 23.8. The fraction of sp³-hybridized carbons (Fsp3) is 0.103. The predicted octanol–water partition coefficient (Wildman–Crippen LogP) is 6.12. The molecule has 0 fully saturated rings. The third-order valence-electron chi connectivity index (χ3n) is 5.28. The number of carbonyl (C=O) groups excluding carboxylic acids is 2. The lowest BCUT2D eigenvalue weighted by molar-refractivity contribution is 0.101. The minimum atomic E-state index is -0.299. The van der Waals surface area contributed by atoms with Crippen molar-refractivity contribution in [2.45, 2.75) is 13.3 Å². The van der Waals surface area contributed by atoms with Gasteiger partial charge < -0.3 is 15.4 Å². The summed E-state index contributed by atoms with van der Waals surface area (Å²) >= 11 is 0. The minimum absolute atomic E-state index is 0.244. The van der Waals surface area contributed by atoms with Crippen molar-refractivity contribution in [2.24, 2.45) is 0 Å². The second-order valence-electron chi connectivity index (χ2n) is 7.94. The van der Waals surface area contributed by atoms with E-state index in [9.17, 15) is 9.59 Å². The Hall–Kier alpha value is -4.38. The van der Waals surface area contributed by atoms with Crippen molar-refractivity contribution in [1.82, 2.24) is 0 Å². The molecule has 0 aliphatic heterocycles. The first-order valence-corrected chi connectivity index (χ1v) is 11.1. The molecule has 0 bridgehead atoms. The number of ether oxygens (including phenoxy) is 1. The summed E-state index contributed by atoms with van der Waals surface area (Å²) in [7, 11) is 0. The molecular formula is C29H26N2O3. The molecule has 2 N–H and O–H groups in total. The zero-order valence-electron chi connectivity index (χ0n) is 19.0. The summed E-state index contributed by atoms with van der Waals surface area (Å²) in [4.78, 5) is 25.7. The van der Waals surface area contributed by atoms with Gasteiger partial charge in [-0.05, 0) is 60.5 Å². The lowest BCUT2D eigenvalue weighted by Gasteiger charge is -2.12. The van der Waals surface area contributed by atoms with E-state index < -0.39 is 0 Å². The second kappa shape index (κ2) is 11.0. The van der Waals surface area contributed by atoms with E-state index in [4.69, 9.17) is 4.74 Å².